The summed E-state index contributed by atoms with van der Waals surface area (Å²) in [7, 11) is 0. The maximum absolute atomic E-state index is 11.6. The van der Waals surface area contributed by atoms with Crippen LogP contribution >= 0.6 is 24.0 Å². The second-order valence-corrected chi connectivity index (χ2v) is 7.05. The van der Waals surface area contributed by atoms with Gasteiger partial charge in [0.1, 0.15) is 0 Å². The van der Waals surface area contributed by atoms with Crippen LogP contribution in [0.5, 0.6) is 0 Å². The molecule has 2 aliphatic rings. The Morgan fingerprint density at radius 1 is 1.22 bits per heavy atom. The molecule has 0 spiro atoms. The number of ether oxygens (including phenoxy) is 1. The number of benzene rings is 1. The first-order valence-corrected chi connectivity index (χ1v) is 9.77. The van der Waals surface area contributed by atoms with E-state index >= 15 is 0 Å². The molecule has 3 atom stereocenters. The molecule has 3 unspecified atom stereocenters. The summed E-state index contributed by atoms with van der Waals surface area (Å²) in [6.07, 6.45) is 5.57. The Labute approximate surface area is 178 Å². The number of nitrogens with zero attached hydrogens (tertiary/aromatic N) is 1. The molecule has 2 aliphatic heterocycles. The van der Waals surface area contributed by atoms with E-state index in [4.69, 9.17) is 9.73 Å². The zero-order valence-corrected chi connectivity index (χ0v) is 18.5. The van der Waals surface area contributed by atoms with Crippen LogP contribution < -0.4 is 16.0 Å². The molecule has 150 valence electrons. The number of halogens is 1. The van der Waals surface area contributed by atoms with E-state index in [9.17, 15) is 4.79 Å². The zero-order valence-electron chi connectivity index (χ0n) is 16.2. The van der Waals surface area contributed by atoms with Crippen molar-refractivity contribution in [2.24, 2.45) is 4.99 Å². The molecule has 2 fully saturated rings. The molecular formula is C20H31IN4O2. The third-order valence-electron chi connectivity index (χ3n) is 4.91. The summed E-state index contributed by atoms with van der Waals surface area (Å²) in [5, 5.41) is 9.75. The smallest absolute Gasteiger partial charge is 0.224 e. The lowest BCUT2D eigenvalue weighted by atomic mass is 9.96. The predicted octanol–water partition coefficient (Wildman–Crippen LogP) is 3.42. The average molecular weight is 486 g/mol. The number of amides is 1. The molecule has 0 aromatic heterocycles. The van der Waals surface area contributed by atoms with Gasteiger partial charge in [0.2, 0.25) is 5.91 Å². The highest BCUT2D eigenvalue weighted by Crippen LogP contribution is 2.34. The van der Waals surface area contributed by atoms with E-state index in [1.165, 1.54) is 6.42 Å². The highest BCUT2D eigenvalue weighted by molar-refractivity contribution is 14.0. The van der Waals surface area contributed by atoms with Crippen molar-refractivity contribution in [1.82, 2.24) is 10.6 Å². The van der Waals surface area contributed by atoms with Crippen LogP contribution in [0, 0.1) is 0 Å². The number of fused-ring (bicyclic) bond motifs is 2. The Morgan fingerprint density at radius 2 is 2.00 bits per heavy atom. The van der Waals surface area contributed by atoms with E-state index in [0.29, 0.717) is 31.2 Å². The van der Waals surface area contributed by atoms with Gasteiger partial charge in [0.05, 0.1) is 24.8 Å². The number of rotatable bonds is 7. The second kappa shape index (κ2) is 10.8. The van der Waals surface area contributed by atoms with E-state index in [0.717, 1.165) is 43.0 Å². The number of hydrogen-bond donors (Lipinski definition) is 3. The largest absolute Gasteiger partial charge is 0.373 e. The van der Waals surface area contributed by atoms with Gasteiger partial charge in [0.25, 0.3) is 0 Å². The number of aliphatic imine (C=N–C) groups is 1. The predicted molar refractivity (Wildman–Crippen MR) is 120 cm³/mol. The van der Waals surface area contributed by atoms with Crippen LogP contribution in [0.4, 0.5) is 5.69 Å². The van der Waals surface area contributed by atoms with Gasteiger partial charge in [-0.15, -0.1) is 24.0 Å². The molecule has 1 amide bonds. The summed E-state index contributed by atoms with van der Waals surface area (Å²) in [6, 6.07) is 8.25. The van der Waals surface area contributed by atoms with Crippen LogP contribution in [-0.2, 0) is 16.1 Å². The SMILES string of the molecule is CCCC(=O)Nc1ccc(CN=C(NCC)NC2CC3CCC2O3)cc1.I. The minimum Gasteiger partial charge on any atom is -0.373 e. The number of carbonyl (C=O) groups excluding carboxylic acids is 1. The number of anilines is 1. The van der Waals surface area contributed by atoms with Crippen LogP contribution in [0.25, 0.3) is 0 Å². The topological polar surface area (TPSA) is 74.8 Å². The second-order valence-electron chi connectivity index (χ2n) is 7.05. The van der Waals surface area contributed by atoms with Gasteiger partial charge in [-0.2, -0.15) is 0 Å². The molecule has 7 heteroatoms. The summed E-state index contributed by atoms with van der Waals surface area (Å²) in [6.45, 7) is 5.50. The van der Waals surface area contributed by atoms with Crippen molar-refractivity contribution in [2.75, 3.05) is 11.9 Å². The standard InChI is InChI=1S/C20H30N4O2.HI/c1-3-5-19(25)23-15-8-6-14(7-9-15)13-22-20(21-4-2)24-17-12-16-10-11-18(17)26-16;/h6-9,16-18H,3-5,10-13H2,1-2H3,(H,23,25)(H2,21,22,24);1H. The van der Waals surface area contributed by atoms with Gasteiger partial charge in [-0.05, 0) is 50.3 Å². The van der Waals surface area contributed by atoms with Crippen LogP contribution in [-0.4, -0.2) is 36.7 Å². The van der Waals surface area contributed by atoms with Crippen LogP contribution in [0.15, 0.2) is 29.3 Å². The molecule has 1 aromatic rings. The van der Waals surface area contributed by atoms with Crippen molar-refractivity contribution in [1.29, 1.82) is 0 Å². The maximum Gasteiger partial charge on any atom is 0.224 e. The minimum absolute atomic E-state index is 0. The van der Waals surface area contributed by atoms with Gasteiger partial charge in [-0.25, -0.2) is 4.99 Å². The first kappa shape index (κ1) is 21.9. The van der Waals surface area contributed by atoms with Crippen LogP contribution in [0.2, 0.25) is 0 Å². The van der Waals surface area contributed by atoms with Crippen molar-refractivity contribution in [3.05, 3.63) is 29.8 Å². The summed E-state index contributed by atoms with van der Waals surface area (Å²) in [5.41, 5.74) is 1.94. The van der Waals surface area contributed by atoms with Gasteiger partial charge < -0.3 is 20.7 Å². The van der Waals surface area contributed by atoms with Gasteiger partial charge in [-0.3, -0.25) is 4.79 Å². The minimum atomic E-state index is 0. The summed E-state index contributed by atoms with van der Waals surface area (Å²) < 4.78 is 5.91. The molecule has 3 rings (SSSR count). The van der Waals surface area contributed by atoms with Crippen molar-refractivity contribution in [3.8, 4) is 0 Å². The summed E-state index contributed by atoms with van der Waals surface area (Å²) >= 11 is 0. The lowest BCUT2D eigenvalue weighted by Crippen LogP contribution is -2.47. The fourth-order valence-corrected chi connectivity index (χ4v) is 3.60. The number of hydrogen-bond acceptors (Lipinski definition) is 3. The molecule has 0 radical (unpaired) electrons. The third-order valence-corrected chi connectivity index (χ3v) is 4.91. The molecule has 6 nitrogen and oxygen atoms in total. The van der Waals surface area contributed by atoms with Crippen LogP contribution in [0.3, 0.4) is 0 Å². The van der Waals surface area contributed by atoms with E-state index in [1.807, 2.05) is 31.2 Å². The fraction of sp³-hybridized carbons (Fsp3) is 0.600. The van der Waals surface area contributed by atoms with Crippen molar-refractivity contribution in [3.63, 3.8) is 0 Å². The van der Waals surface area contributed by atoms with Gasteiger partial charge in [-0.1, -0.05) is 19.1 Å². The van der Waals surface area contributed by atoms with E-state index in [2.05, 4.69) is 22.9 Å². The normalized spacial score (nSPS) is 23.6. The molecule has 2 saturated heterocycles. The number of carbonyl (C=O) groups is 1. The van der Waals surface area contributed by atoms with E-state index < -0.39 is 0 Å². The Morgan fingerprint density at radius 3 is 2.59 bits per heavy atom. The monoisotopic (exact) mass is 486 g/mol. The van der Waals surface area contributed by atoms with Crippen LogP contribution in [0.1, 0.15) is 51.5 Å². The Balaban J connectivity index is 0.00000261. The molecule has 1 aromatic carbocycles. The summed E-state index contributed by atoms with van der Waals surface area (Å²) in [4.78, 5) is 16.3. The van der Waals surface area contributed by atoms with Crippen molar-refractivity contribution in [2.45, 2.75) is 70.7 Å². The molecule has 0 aliphatic carbocycles. The molecular weight excluding hydrogens is 455 g/mol. The van der Waals surface area contributed by atoms with Gasteiger partial charge in [0, 0.05) is 18.7 Å². The Bertz CT molecular complexity index is 635. The summed E-state index contributed by atoms with van der Waals surface area (Å²) in [5.74, 6) is 0.902. The first-order chi connectivity index (χ1) is 12.7. The Hall–Kier alpha value is -1.35. The van der Waals surface area contributed by atoms with Crippen molar-refractivity contribution >= 4 is 41.5 Å². The fourth-order valence-electron chi connectivity index (χ4n) is 3.60. The lowest BCUT2D eigenvalue weighted by Gasteiger charge is -2.22. The quantitative estimate of drug-likeness (QED) is 0.314. The van der Waals surface area contributed by atoms with Gasteiger partial charge >= 0.3 is 0 Å². The average Bonchev–Trinajstić information content (AvgIpc) is 3.24. The van der Waals surface area contributed by atoms with E-state index in [1.54, 1.807) is 0 Å². The number of nitrogens with one attached hydrogen (secondary N) is 3. The molecule has 2 heterocycles. The van der Waals surface area contributed by atoms with Gasteiger partial charge in [0.15, 0.2) is 5.96 Å². The van der Waals surface area contributed by atoms with Crippen molar-refractivity contribution < 1.29 is 9.53 Å². The highest BCUT2D eigenvalue weighted by atomic mass is 127. The molecule has 0 saturated carbocycles. The van der Waals surface area contributed by atoms with E-state index in [-0.39, 0.29) is 29.9 Å². The third kappa shape index (κ3) is 6.34. The molecule has 2 bridgehead atoms. The first-order valence-electron chi connectivity index (χ1n) is 9.77. The number of guanidine groups is 1. The highest BCUT2D eigenvalue weighted by Gasteiger charge is 2.41. The lowest BCUT2D eigenvalue weighted by molar-refractivity contribution is -0.116. The molecule has 3 N–H and O–H groups in total. The maximum atomic E-state index is 11.6. The zero-order chi connectivity index (χ0) is 18.4. The Kier molecular flexibility index (Phi) is 8.82. The molecule has 27 heavy (non-hydrogen) atoms.